The third-order valence-corrected chi connectivity index (χ3v) is 2.34. The lowest BCUT2D eigenvalue weighted by Crippen LogP contribution is -2.63. The summed E-state index contributed by atoms with van der Waals surface area (Å²) in [7, 11) is 0. The van der Waals surface area contributed by atoms with Crippen molar-refractivity contribution in [1.82, 2.24) is 4.90 Å². The number of ether oxygens (including phenoxy) is 1. The molecular formula is C9H15NO5. The van der Waals surface area contributed by atoms with Gasteiger partial charge in [-0.3, -0.25) is 4.79 Å². The van der Waals surface area contributed by atoms with Gasteiger partial charge in [0.1, 0.15) is 5.60 Å². The van der Waals surface area contributed by atoms with Gasteiger partial charge in [-0.25, -0.2) is 4.79 Å². The summed E-state index contributed by atoms with van der Waals surface area (Å²) in [4.78, 5) is 22.5. The van der Waals surface area contributed by atoms with Gasteiger partial charge in [0.25, 0.3) is 0 Å². The van der Waals surface area contributed by atoms with Gasteiger partial charge in [0.15, 0.2) is 0 Å². The lowest BCUT2D eigenvalue weighted by Gasteiger charge is -2.44. The predicted molar refractivity (Wildman–Crippen MR) is 50.4 cm³/mol. The molecule has 0 spiro atoms. The van der Waals surface area contributed by atoms with Crippen LogP contribution in [-0.4, -0.2) is 52.5 Å². The van der Waals surface area contributed by atoms with Crippen LogP contribution in [0.1, 0.15) is 19.8 Å². The number of carboxylic acid groups (broad SMARTS) is 1. The van der Waals surface area contributed by atoms with E-state index in [4.69, 9.17) is 9.84 Å². The SMILES string of the molecule is CCOC(=O)CCC1(O)CN(C(=O)O)C1. The number of likely N-dealkylation sites (tertiary alicyclic amines) is 1. The zero-order valence-corrected chi connectivity index (χ0v) is 8.60. The zero-order valence-electron chi connectivity index (χ0n) is 8.60. The highest BCUT2D eigenvalue weighted by molar-refractivity contribution is 5.70. The second-order valence-corrected chi connectivity index (χ2v) is 3.67. The fourth-order valence-electron chi connectivity index (χ4n) is 1.53. The highest BCUT2D eigenvalue weighted by atomic mass is 16.5. The van der Waals surface area contributed by atoms with Crippen LogP contribution in [0.5, 0.6) is 0 Å². The van der Waals surface area contributed by atoms with E-state index in [1.165, 1.54) is 0 Å². The highest BCUT2D eigenvalue weighted by Gasteiger charge is 2.43. The minimum absolute atomic E-state index is 0.0712. The Kier molecular flexibility index (Phi) is 3.52. The number of rotatable bonds is 4. The summed E-state index contributed by atoms with van der Waals surface area (Å²) in [5.41, 5.74) is -1.05. The highest BCUT2D eigenvalue weighted by Crippen LogP contribution is 2.25. The van der Waals surface area contributed by atoms with Crippen LogP contribution in [0.15, 0.2) is 0 Å². The van der Waals surface area contributed by atoms with Crippen molar-refractivity contribution < 1.29 is 24.5 Å². The largest absolute Gasteiger partial charge is 0.466 e. The van der Waals surface area contributed by atoms with Crippen molar-refractivity contribution >= 4 is 12.1 Å². The minimum Gasteiger partial charge on any atom is -0.466 e. The molecule has 1 aliphatic heterocycles. The first-order valence-corrected chi connectivity index (χ1v) is 4.83. The van der Waals surface area contributed by atoms with Crippen LogP contribution in [0.25, 0.3) is 0 Å². The molecule has 0 aromatic heterocycles. The first-order chi connectivity index (χ1) is 6.97. The average Bonchev–Trinajstić information content (AvgIpc) is 2.10. The van der Waals surface area contributed by atoms with Gasteiger partial charge in [0.05, 0.1) is 19.7 Å². The van der Waals surface area contributed by atoms with E-state index in [0.717, 1.165) is 4.90 Å². The lowest BCUT2D eigenvalue weighted by molar-refractivity contribution is -0.147. The third kappa shape index (κ3) is 3.09. The van der Waals surface area contributed by atoms with E-state index in [-0.39, 0.29) is 31.9 Å². The Morgan fingerprint density at radius 3 is 2.53 bits per heavy atom. The van der Waals surface area contributed by atoms with Crippen LogP contribution in [0.3, 0.4) is 0 Å². The van der Waals surface area contributed by atoms with Gasteiger partial charge >= 0.3 is 12.1 Å². The number of nitrogens with zero attached hydrogens (tertiary/aromatic N) is 1. The van der Waals surface area contributed by atoms with Crippen molar-refractivity contribution in [2.24, 2.45) is 0 Å². The quantitative estimate of drug-likeness (QED) is 0.650. The van der Waals surface area contributed by atoms with Gasteiger partial charge in [0, 0.05) is 6.42 Å². The number of β-amino-alcohol motifs (C(OH)–C–C–N with tert-alkyl or cyclic N) is 1. The number of amides is 1. The fourth-order valence-corrected chi connectivity index (χ4v) is 1.53. The van der Waals surface area contributed by atoms with E-state index in [1.54, 1.807) is 6.92 Å². The number of hydrogen-bond donors (Lipinski definition) is 2. The molecule has 1 fully saturated rings. The molecule has 6 heteroatoms. The number of carbonyl (C=O) groups excluding carboxylic acids is 1. The molecule has 0 bridgehead atoms. The Hall–Kier alpha value is -1.30. The molecule has 6 nitrogen and oxygen atoms in total. The topological polar surface area (TPSA) is 87.1 Å². The number of hydrogen-bond acceptors (Lipinski definition) is 4. The van der Waals surface area contributed by atoms with Gasteiger partial charge in [-0.1, -0.05) is 0 Å². The molecule has 1 amide bonds. The molecule has 0 aromatic rings. The lowest BCUT2D eigenvalue weighted by atomic mass is 9.89. The molecule has 1 saturated heterocycles. The van der Waals surface area contributed by atoms with Gasteiger partial charge < -0.3 is 19.8 Å². The van der Waals surface area contributed by atoms with Crippen molar-refractivity contribution in [2.75, 3.05) is 19.7 Å². The summed E-state index contributed by atoms with van der Waals surface area (Å²) in [5, 5.41) is 18.3. The van der Waals surface area contributed by atoms with Crippen molar-refractivity contribution in [3.63, 3.8) is 0 Å². The van der Waals surface area contributed by atoms with Crippen molar-refractivity contribution in [3.8, 4) is 0 Å². The van der Waals surface area contributed by atoms with Crippen LogP contribution >= 0.6 is 0 Å². The summed E-state index contributed by atoms with van der Waals surface area (Å²) in [5.74, 6) is -0.361. The van der Waals surface area contributed by atoms with Crippen LogP contribution in [0, 0.1) is 0 Å². The Bertz CT molecular complexity index is 259. The van der Waals surface area contributed by atoms with Crippen LogP contribution < -0.4 is 0 Å². The molecule has 0 atom stereocenters. The van der Waals surface area contributed by atoms with E-state index in [0.29, 0.717) is 6.61 Å². The van der Waals surface area contributed by atoms with Crippen LogP contribution in [-0.2, 0) is 9.53 Å². The average molecular weight is 217 g/mol. The minimum atomic E-state index is -1.05. The smallest absolute Gasteiger partial charge is 0.407 e. The summed E-state index contributed by atoms with van der Waals surface area (Å²) in [6, 6.07) is 0. The fraction of sp³-hybridized carbons (Fsp3) is 0.778. The zero-order chi connectivity index (χ0) is 11.5. The molecular weight excluding hydrogens is 202 g/mol. The normalized spacial score (nSPS) is 18.1. The Morgan fingerprint density at radius 1 is 1.47 bits per heavy atom. The number of aliphatic hydroxyl groups is 1. The van der Waals surface area contributed by atoms with E-state index >= 15 is 0 Å². The number of carbonyl (C=O) groups is 2. The van der Waals surface area contributed by atoms with E-state index < -0.39 is 11.7 Å². The van der Waals surface area contributed by atoms with Crippen LogP contribution in [0.2, 0.25) is 0 Å². The Morgan fingerprint density at radius 2 is 2.07 bits per heavy atom. The summed E-state index contributed by atoms with van der Waals surface area (Å²) in [6.07, 6.45) is -0.677. The second-order valence-electron chi connectivity index (χ2n) is 3.67. The maximum atomic E-state index is 11.0. The molecule has 0 aliphatic carbocycles. The standard InChI is InChI=1S/C9H15NO5/c1-2-15-7(11)3-4-9(14)5-10(6-9)8(12)13/h14H,2-6H2,1H3,(H,12,13). The van der Waals surface area contributed by atoms with Crippen molar-refractivity contribution in [1.29, 1.82) is 0 Å². The molecule has 15 heavy (non-hydrogen) atoms. The summed E-state index contributed by atoms with van der Waals surface area (Å²) < 4.78 is 4.70. The molecule has 0 aromatic carbocycles. The summed E-state index contributed by atoms with van der Waals surface area (Å²) in [6.45, 7) is 2.17. The molecule has 1 rings (SSSR count). The molecule has 1 aliphatic rings. The summed E-state index contributed by atoms with van der Waals surface area (Å²) >= 11 is 0. The van der Waals surface area contributed by atoms with E-state index in [9.17, 15) is 14.7 Å². The molecule has 1 heterocycles. The maximum Gasteiger partial charge on any atom is 0.407 e. The molecule has 86 valence electrons. The third-order valence-electron chi connectivity index (χ3n) is 2.34. The van der Waals surface area contributed by atoms with Gasteiger partial charge in [-0.05, 0) is 13.3 Å². The van der Waals surface area contributed by atoms with E-state index in [1.807, 2.05) is 0 Å². The van der Waals surface area contributed by atoms with Gasteiger partial charge in [-0.15, -0.1) is 0 Å². The van der Waals surface area contributed by atoms with Gasteiger partial charge in [0.2, 0.25) is 0 Å². The van der Waals surface area contributed by atoms with E-state index in [2.05, 4.69) is 0 Å². The first kappa shape index (κ1) is 11.8. The Labute approximate surface area is 87.4 Å². The number of esters is 1. The first-order valence-electron chi connectivity index (χ1n) is 4.83. The van der Waals surface area contributed by atoms with Crippen LogP contribution in [0.4, 0.5) is 4.79 Å². The van der Waals surface area contributed by atoms with Crippen molar-refractivity contribution in [2.45, 2.75) is 25.4 Å². The molecule has 2 N–H and O–H groups in total. The van der Waals surface area contributed by atoms with Gasteiger partial charge in [-0.2, -0.15) is 0 Å². The van der Waals surface area contributed by atoms with Crippen molar-refractivity contribution in [3.05, 3.63) is 0 Å². The predicted octanol–water partition coefficient (Wildman–Crippen LogP) is 0.0544. The Balaban J connectivity index is 2.23. The molecule has 0 radical (unpaired) electrons. The maximum absolute atomic E-state index is 11.0. The molecule has 0 saturated carbocycles. The molecule has 0 unspecified atom stereocenters. The monoisotopic (exact) mass is 217 g/mol. The second kappa shape index (κ2) is 4.48.